The fraction of sp³-hybridized carbons (Fsp3) is 0.857. The molecule has 0 fully saturated rings. The molecule has 0 spiro atoms. The zero-order valence-corrected chi connectivity index (χ0v) is 5.36. The van der Waals surface area contributed by atoms with Crippen LogP contribution in [0.1, 0.15) is 27.2 Å². The highest BCUT2D eigenvalue weighted by Gasteiger charge is 2.01. The fourth-order valence-electron chi connectivity index (χ4n) is 0.354. The van der Waals surface area contributed by atoms with Gasteiger partial charge in [-0.25, -0.2) is 0 Å². The maximum Gasteiger partial charge on any atom is -0.00569 e. The Balaban J connectivity index is 3.14. The van der Waals surface area contributed by atoms with Gasteiger partial charge in [-0.15, -0.1) is 0 Å². The second-order valence-corrected chi connectivity index (χ2v) is 2.17. The molecule has 0 aromatic rings. The Hall–Kier alpha value is 0. The van der Waals surface area contributed by atoms with Gasteiger partial charge in [0.15, 0.2) is 0 Å². The molecule has 0 amide bonds. The molecule has 0 aliphatic carbocycles. The topological polar surface area (TPSA) is 0 Å². The SMILES string of the molecule is [C]C(C)C(C)CC. The minimum Gasteiger partial charge on any atom is -0.0651 e. The Labute approximate surface area is 46.9 Å². The van der Waals surface area contributed by atoms with Gasteiger partial charge >= 0.3 is 0 Å². The van der Waals surface area contributed by atoms with Crippen molar-refractivity contribution in [3.05, 3.63) is 6.92 Å². The first-order chi connectivity index (χ1) is 3.18. The van der Waals surface area contributed by atoms with Crippen molar-refractivity contribution in [1.29, 1.82) is 0 Å². The van der Waals surface area contributed by atoms with Crippen molar-refractivity contribution in [2.24, 2.45) is 11.8 Å². The average Bonchev–Trinajstić information content (AvgIpc) is 1.65. The lowest BCUT2D eigenvalue weighted by Gasteiger charge is -2.09. The lowest BCUT2D eigenvalue weighted by molar-refractivity contribution is 0.443. The summed E-state index contributed by atoms with van der Waals surface area (Å²) in [6.07, 6.45) is 1.13. The van der Waals surface area contributed by atoms with E-state index in [9.17, 15) is 0 Å². The maximum atomic E-state index is 7.18. The van der Waals surface area contributed by atoms with Crippen molar-refractivity contribution in [3.63, 3.8) is 0 Å². The Morgan fingerprint density at radius 2 is 1.86 bits per heavy atom. The molecule has 2 atom stereocenters. The number of hydrogen-bond acceptors (Lipinski definition) is 0. The lowest BCUT2D eigenvalue weighted by Crippen LogP contribution is -2.00. The van der Waals surface area contributed by atoms with E-state index < -0.39 is 0 Å². The van der Waals surface area contributed by atoms with Crippen molar-refractivity contribution in [1.82, 2.24) is 0 Å². The van der Waals surface area contributed by atoms with E-state index in [4.69, 9.17) is 6.92 Å². The van der Waals surface area contributed by atoms with Crippen LogP contribution in [0.25, 0.3) is 0 Å². The average molecular weight is 97.2 g/mol. The van der Waals surface area contributed by atoms with Gasteiger partial charge in [0.1, 0.15) is 0 Å². The first-order valence-electron chi connectivity index (χ1n) is 2.89. The van der Waals surface area contributed by atoms with Gasteiger partial charge in [0.05, 0.1) is 0 Å². The molecule has 41 valence electrons. The molecule has 0 rings (SSSR count). The maximum absolute atomic E-state index is 7.18. The van der Waals surface area contributed by atoms with Crippen LogP contribution in [-0.4, -0.2) is 0 Å². The molecule has 0 heterocycles. The van der Waals surface area contributed by atoms with Crippen LogP contribution in [0.15, 0.2) is 0 Å². The molecule has 0 nitrogen and oxygen atoms in total. The van der Waals surface area contributed by atoms with E-state index in [0.717, 1.165) is 6.42 Å². The van der Waals surface area contributed by atoms with Gasteiger partial charge in [-0.05, 0) is 18.8 Å². The normalized spacial score (nSPS) is 15.0. The van der Waals surface area contributed by atoms with Crippen LogP contribution in [0.3, 0.4) is 0 Å². The molecule has 0 saturated carbocycles. The van der Waals surface area contributed by atoms with E-state index in [1.807, 2.05) is 6.92 Å². The molecule has 0 aliphatic rings. The van der Waals surface area contributed by atoms with E-state index in [1.54, 1.807) is 0 Å². The first-order valence-corrected chi connectivity index (χ1v) is 2.89. The van der Waals surface area contributed by atoms with Gasteiger partial charge in [0.25, 0.3) is 0 Å². The summed E-state index contributed by atoms with van der Waals surface area (Å²) in [6, 6.07) is 0. The Morgan fingerprint density at radius 1 is 1.43 bits per heavy atom. The van der Waals surface area contributed by atoms with Crippen LogP contribution in [-0.2, 0) is 0 Å². The third-order valence-electron chi connectivity index (χ3n) is 1.50. The molecule has 7 heavy (non-hydrogen) atoms. The van der Waals surface area contributed by atoms with Gasteiger partial charge in [-0.2, -0.15) is 0 Å². The summed E-state index contributed by atoms with van der Waals surface area (Å²) in [5.41, 5.74) is 0. The monoisotopic (exact) mass is 97.1 g/mol. The molecule has 0 aromatic heterocycles. The van der Waals surface area contributed by atoms with Gasteiger partial charge in [-0.1, -0.05) is 27.2 Å². The summed E-state index contributed by atoms with van der Waals surface area (Å²) < 4.78 is 0. The molecule has 0 heteroatoms. The van der Waals surface area contributed by atoms with Crippen LogP contribution < -0.4 is 0 Å². The van der Waals surface area contributed by atoms with Gasteiger partial charge in [0.2, 0.25) is 0 Å². The van der Waals surface area contributed by atoms with Crippen molar-refractivity contribution in [3.8, 4) is 0 Å². The first kappa shape index (κ1) is 7.00. The summed E-state index contributed by atoms with van der Waals surface area (Å²) in [7, 11) is 0. The summed E-state index contributed by atoms with van der Waals surface area (Å²) in [4.78, 5) is 0. The molecule has 0 bridgehead atoms. The van der Waals surface area contributed by atoms with Crippen molar-refractivity contribution >= 4 is 0 Å². The van der Waals surface area contributed by atoms with E-state index >= 15 is 0 Å². The third kappa shape index (κ3) is 2.67. The second kappa shape index (κ2) is 3.06. The van der Waals surface area contributed by atoms with Crippen LogP contribution in [0.2, 0.25) is 0 Å². The van der Waals surface area contributed by atoms with E-state index in [-0.39, 0.29) is 5.92 Å². The van der Waals surface area contributed by atoms with E-state index in [2.05, 4.69) is 13.8 Å². The predicted molar refractivity (Wildman–Crippen MR) is 31.9 cm³/mol. The summed E-state index contributed by atoms with van der Waals surface area (Å²) in [5, 5.41) is 0. The third-order valence-corrected chi connectivity index (χ3v) is 1.50. The minimum atomic E-state index is 0.116. The molecule has 0 aliphatic heterocycles. The zero-order chi connectivity index (χ0) is 5.86. The van der Waals surface area contributed by atoms with Gasteiger partial charge in [-0.3, -0.25) is 0 Å². The Kier molecular flexibility index (Phi) is 3.06. The fourth-order valence-corrected chi connectivity index (χ4v) is 0.354. The molecule has 0 aromatic carbocycles. The minimum absolute atomic E-state index is 0.116. The highest BCUT2D eigenvalue weighted by atomic mass is 14.1. The van der Waals surface area contributed by atoms with E-state index in [0.29, 0.717) is 5.92 Å². The van der Waals surface area contributed by atoms with Crippen molar-refractivity contribution in [2.45, 2.75) is 27.2 Å². The lowest BCUT2D eigenvalue weighted by atomic mass is 9.96. The zero-order valence-electron chi connectivity index (χ0n) is 5.36. The molecule has 0 N–H and O–H groups in total. The summed E-state index contributed by atoms with van der Waals surface area (Å²) in [5.74, 6) is 0.685. The van der Waals surface area contributed by atoms with Gasteiger partial charge < -0.3 is 0 Å². The second-order valence-electron chi connectivity index (χ2n) is 2.17. The smallest absolute Gasteiger partial charge is 0.00569 e. The molecule has 3 radical (unpaired) electrons. The van der Waals surface area contributed by atoms with Crippen LogP contribution in [0, 0.1) is 18.8 Å². The molecule has 0 saturated heterocycles. The largest absolute Gasteiger partial charge is 0.0651 e. The van der Waals surface area contributed by atoms with Crippen molar-refractivity contribution in [2.75, 3.05) is 0 Å². The quantitative estimate of drug-likeness (QED) is 0.495. The highest BCUT2D eigenvalue weighted by Crippen LogP contribution is 2.11. The van der Waals surface area contributed by atoms with Crippen LogP contribution >= 0.6 is 0 Å². The summed E-state index contributed by atoms with van der Waals surface area (Å²) in [6.45, 7) is 13.4. The molecule has 2 unspecified atom stereocenters. The Bertz CT molecular complexity index is 37.3. The van der Waals surface area contributed by atoms with Crippen LogP contribution in [0.4, 0.5) is 0 Å². The predicted octanol–water partition coefficient (Wildman–Crippen LogP) is 2.26. The number of hydrogen-bond donors (Lipinski definition) is 0. The molecular formula is C7H13. The summed E-state index contributed by atoms with van der Waals surface area (Å²) >= 11 is 0. The highest BCUT2D eigenvalue weighted by molar-refractivity contribution is 4.60. The van der Waals surface area contributed by atoms with Crippen LogP contribution in [0.5, 0.6) is 0 Å². The molecular weight excluding hydrogens is 84.1 g/mol. The number of rotatable bonds is 2. The van der Waals surface area contributed by atoms with Crippen molar-refractivity contribution < 1.29 is 0 Å². The van der Waals surface area contributed by atoms with E-state index in [1.165, 1.54) is 0 Å². The Morgan fingerprint density at radius 3 is 1.86 bits per heavy atom. The van der Waals surface area contributed by atoms with Gasteiger partial charge in [0, 0.05) is 0 Å². The standard InChI is InChI=1S/C7H13/c1-5-7(4)6(2)3/h6-7H,5H2,1-2,4H3.